The minimum absolute atomic E-state index is 0.147. The number of nitrogens with one attached hydrogen (secondary N) is 1. The quantitative estimate of drug-likeness (QED) is 0.883. The second-order valence-corrected chi connectivity index (χ2v) is 6.26. The summed E-state index contributed by atoms with van der Waals surface area (Å²) in [4.78, 5) is 14.6. The van der Waals surface area contributed by atoms with Crippen LogP contribution in [0.3, 0.4) is 0 Å². The molecular weight excluding hydrogens is 250 g/mol. The van der Waals surface area contributed by atoms with Crippen LogP contribution in [0.5, 0.6) is 0 Å². The maximum atomic E-state index is 12.6. The number of rotatable bonds is 4. The molecule has 2 rings (SSSR count). The normalized spacial score (nSPS) is 19.2. The Morgan fingerprint density at radius 2 is 2.05 bits per heavy atom. The van der Waals surface area contributed by atoms with Gasteiger partial charge in [0.05, 0.1) is 0 Å². The van der Waals surface area contributed by atoms with Crippen molar-refractivity contribution in [3.8, 4) is 0 Å². The highest BCUT2D eigenvalue weighted by Gasteiger charge is 2.35. The monoisotopic (exact) mass is 275 g/mol. The van der Waals surface area contributed by atoms with Crippen LogP contribution in [-0.2, 0) is 4.79 Å². The van der Waals surface area contributed by atoms with E-state index in [1.807, 2.05) is 43.0 Å². The highest BCUT2D eigenvalue weighted by atomic mass is 16.2. The molecule has 0 spiro atoms. The number of likely N-dealkylation sites (tertiary alicyclic amines) is 1. The molecule has 1 aromatic carbocycles. The zero-order valence-corrected chi connectivity index (χ0v) is 12.6. The molecule has 0 saturated carbocycles. The number of nitrogens with two attached hydrogens (primary N) is 1. The molecule has 1 fully saturated rings. The molecule has 0 aliphatic carbocycles. The summed E-state index contributed by atoms with van der Waals surface area (Å²) >= 11 is 0. The maximum Gasteiger partial charge on any atom is 0.247 e. The van der Waals surface area contributed by atoms with Gasteiger partial charge in [0, 0.05) is 18.8 Å². The third-order valence-electron chi connectivity index (χ3n) is 3.95. The second-order valence-electron chi connectivity index (χ2n) is 6.26. The summed E-state index contributed by atoms with van der Waals surface area (Å²) in [6.07, 6.45) is 1.02. The van der Waals surface area contributed by atoms with Gasteiger partial charge in [-0.25, -0.2) is 0 Å². The first kappa shape index (κ1) is 14.9. The lowest BCUT2D eigenvalue weighted by molar-refractivity contribution is -0.134. The van der Waals surface area contributed by atoms with Crippen LogP contribution in [0.2, 0.25) is 0 Å². The Morgan fingerprint density at radius 3 is 2.60 bits per heavy atom. The molecule has 0 bridgehead atoms. The van der Waals surface area contributed by atoms with Gasteiger partial charge in [0.2, 0.25) is 5.91 Å². The summed E-state index contributed by atoms with van der Waals surface area (Å²) in [6, 6.07) is 8.11. The molecule has 1 aromatic rings. The number of anilines is 1. The van der Waals surface area contributed by atoms with E-state index in [2.05, 4.69) is 12.2 Å². The van der Waals surface area contributed by atoms with E-state index in [-0.39, 0.29) is 5.91 Å². The minimum atomic E-state index is -0.598. The number of carbonyl (C=O) groups is 1. The molecule has 4 nitrogen and oxygen atoms in total. The zero-order chi connectivity index (χ0) is 14.8. The number of amides is 1. The highest BCUT2D eigenvalue weighted by Crippen LogP contribution is 2.22. The van der Waals surface area contributed by atoms with Crippen LogP contribution in [0.4, 0.5) is 5.69 Å². The van der Waals surface area contributed by atoms with Gasteiger partial charge in [-0.05, 0) is 51.8 Å². The number of hydrogen-bond donors (Lipinski definition) is 2. The minimum Gasteiger partial charge on any atom is -0.372 e. The van der Waals surface area contributed by atoms with E-state index in [4.69, 9.17) is 5.73 Å². The Balaban J connectivity index is 2.02. The Morgan fingerprint density at radius 1 is 1.40 bits per heavy atom. The summed E-state index contributed by atoms with van der Waals surface area (Å²) in [5.41, 5.74) is 7.28. The molecule has 110 valence electrons. The molecule has 3 N–H and O–H groups in total. The molecule has 1 aliphatic rings. The van der Waals surface area contributed by atoms with Crippen LogP contribution in [-0.4, -0.2) is 36.0 Å². The van der Waals surface area contributed by atoms with Crippen molar-refractivity contribution in [1.29, 1.82) is 0 Å². The Labute approximate surface area is 121 Å². The van der Waals surface area contributed by atoms with Gasteiger partial charge in [0.15, 0.2) is 0 Å². The van der Waals surface area contributed by atoms with Crippen molar-refractivity contribution in [3.05, 3.63) is 29.8 Å². The average molecular weight is 275 g/mol. The Hall–Kier alpha value is -1.55. The fourth-order valence-corrected chi connectivity index (χ4v) is 2.66. The molecule has 0 radical (unpaired) electrons. The van der Waals surface area contributed by atoms with E-state index in [9.17, 15) is 4.79 Å². The first-order valence-corrected chi connectivity index (χ1v) is 7.26. The largest absolute Gasteiger partial charge is 0.372 e. The van der Waals surface area contributed by atoms with Gasteiger partial charge in [0.1, 0.15) is 5.54 Å². The lowest BCUT2D eigenvalue weighted by Gasteiger charge is -2.31. The van der Waals surface area contributed by atoms with Gasteiger partial charge in [-0.1, -0.05) is 17.7 Å². The molecule has 0 aromatic heterocycles. The molecule has 1 aliphatic heterocycles. The van der Waals surface area contributed by atoms with E-state index in [0.29, 0.717) is 12.5 Å². The molecular formula is C16H25N3O. The van der Waals surface area contributed by atoms with Crippen LogP contribution in [0, 0.1) is 12.8 Å². The van der Waals surface area contributed by atoms with Gasteiger partial charge in [0.25, 0.3) is 0 Å². The lowest BCUT2D eigenvalue weighted by atomic mass is 10.0. The van der Waals surface area contributed by atoms with E-state index in [0.717, 1.165) is 25.2 Å². The number of nitrogens with zero attached hydrogens (tertiary/aromatic N) is 1. The van der Waals surface area contributed by atoms with E-state index >= 15 is 0 Å². The first-order chi connectivity index (χ1) is 9.42. The third-order valence-corrected chi connectivity index (χ3v) is 3.95. The average Bonchev–Trinajstić information content (AvgIpc) is 2.89. The van der Waals surface area contributed by atoms with Gasteiger partial charge >= 0.3 is 0 Å². The molecule has 0 unspecified atom stereocenters. The van der Waals surface area contributed by atoms with Gasteiger partial charge in [-0.2, -0.15) is 0 Å². The van der Waals surface area contributed by atoms with Crippen molar-refractivity contribution in [2.75, 3.05) is 25.0 Å². The Bertz CT molecular complexity index is 467. The van der Waals surface area contributed by atoms with Crippen LogP contribution in [0.15, 0.2) is 24.3 Å². The van der Waals surface area contributed by atoms with Crippen molar-refractivity contribution >= 4 is 11.6 Å². The molecule has 20 heavy (non-hydrogen) atoms. The molecule has 1 amide bonds. The molecule has 4 heteroatoms. The van der Waals surface area contributed by atoms with Crippen molar-refractivity contribution in [2.24, 2.45) is 11.7 Å². The lowest BCUT2D eigenvalue weighted by Crippen LogP contribution is -2.49. The van der Waals surface area contributed by atoms with Crippen LogP contribution in [0.1, 0.15) is 25.8 Å². The number of benzene rings is 1. The number of aryl methyl sites for hydroxylation is 1. The summed E-state index contributed by atoms with van der Waals surface area (Å²) in [7, 11) is 0. The van der Waals surface area contributed by atoms with Gasteiger partial charge < -0.3 is 16.0 Å². The maximum absolute atomic E-state index is 12.6. The molecule has 1 atom stereocenters. The SMILES string of the molecule is Cc1ccc(NC(C)(C)C(=O)N2CC[C@@H](CN)C2)cc1. The smallest absolute Gasteiger partial charge is 0.247 e. The number of carbonyl (C=O) groups excluding carboxylic acids is 1. The zero-order valence-electron chi connectivity index (χ0n) is 12.6. The summed E-state index contributed by atoms with van der Waals surface area (Å²) in [6.45, 7) is 8.19. The summed E-state index contributed by atoms with van der Waals surface area (Å²) in [5.74, 6) is 0.600. The number of hydrogen-bond acceptors (Lipinski definition) is 3. The molecule has 1 saturated heterocycles. The van der Waals surface area contributed by atoms with Crippen molar-refractivity contribution in [1.82, 2.24) is 4.90 Å². The van der Waals surface area contributed by atoms with E-state index in [1.165, 1.54) is 5.56 Å². The molecule has 1 heterocycles. The standard InChI is InChI=1S/C16H25N3O/c1-12-4-6-14(7-5-12)18-16(2,3)15(20)19-9-8-13(10-17)11-19/h4-7,13,18H,8-11,17H2,1-3H3/t13-/m0/s1. The Kier molecular flexibility index (Phi) is 4.33. The first-order valence-electron chi connectivity index (χ1n) is 7.26. The van der Waals surface area contributed by atoms with Crippen LogP contribution < -0.4 is 11.1 Å². The van der Waals surface area contributed by atoms with Crippen molar-refractivity contribution < 1.29 is 4.79 Å². The topological polar surface area (TPSA) is 58.4 Å². The summed E-state index contributed by atoms with van der Waals surface area (Å²) in [5, 5.41) is 3.33. The van der Waals surface area contributed by atoms with Gasteiger partial charge in [-0.15, -0.1) is 0 Å². The van der Waals surface area contributed by atoms with E-state index in [1.54, 1.807) is 0 Å². The summed E-state index contributed by atoms with van der Waals surface area (Å²) < 4.78 is 0. The van der Waals surface area contributed by atoms with Crippen LogP contribution in [0.25, 0.3) is 0 Å². The third kappa shape index (κ3) is 3.31. The van der Waals surface area contributed by atoms with E-state index < -0.39 is 5.54 Å². The van der Waals surface area contributed by atoms with Gasteiger partial charge in [-0.3, -0.25) is 4.79 Å². The van der Waals surface area contributed by atoms with Crippen molar-refractivity contribution in [2.45, 2.75) is 32.7 Å². The predicted octanol–water partition coefficient (Wildman–Crippen LogP) is 1.99. The fraction of sp³-hybridized carbons (Fsp3) is 0.562. The predicted molar refractivity (Wildman–Crippen MR) is 82.6 cm³/mol. The second kappa shape index (κ2) is 5.83. The highest BCUT2D eigenvalue weighted by molar-refractivity contribution is 5.88. The van der Waals surface area contributed by atoms with Crippen molar-refractivity contribution in [3.63, 3.8) is 0 Å². The van der Waals surface area contributed by atoms with Crippen LogP contribution >= 0.6 is 0 Å². The fourth-order valence-electron chi connectivity index (χ4n) is 2.66.